The summed E-state index contributed by atoms with van der Waals surface area (Å²) < 4.78 is 1.51. The maximum Gasteiger partial charge on any atom is 0.263 e. The minimum atomic E-state index is -0.222. The van der Waals surface area contributed by atoms with Gasteiger partial charge in [0.15, 0.2) is 5.65 Å². The summed E-state index contributed by atoms with van der Waals surface area (Å²) in [4.78, 5) is 19.8. The van der Waals surface area contributed by atoms with E-state index in [0.717, 1.165) is 6.42 Å². The van der Waals surface area contributed by atoms with Gasteiger partial charge >= 0.3 is 0 Å². The minimum absolute atomic E-state index is 0.222. The van der Waals surface area contributed by atoms with Crippen molar-refractivity contribution < 1.29 is 0 Å². The summed E-state index contributed by atoms with van der Waals surface area (Å²) in [5, 5.41) is 6.55. The van der Waals surface area contributed by atoms with E-state index >= 15 is 0 Å². The van der Waals surface area contributed by atoms with Gasteiger partial charge in [0.2, 0.25) is 0 Å². The van der Waals surface area contributed by atoms with Gasteiger partial charge in [-0.05, 0) is 24.8 Å². The molecule has 0 aliphatic carbocycles. The number of benzene rings is 1. The largest absolute Gasteiger partial charge is 0.310 e. The topological polar surface area (TPSA) is 63.6 Å². The molecule has 2 heterocycles. The molecule has 0 amide bonds. The van der Waals surface area contributed by atoms with Crippen LogP contribution in [0.1, 0.15) is 19.2 Å². The van der Waals surface area contributed by atoms with Crippen LogP contribution in [0.15, 0.2) is 22.0 Å². The molecular formula is C15H13Cl3N4OS. The lowest BCUT2D eigenvalue weighted by molar-refractivity contribution is 0.816. The molecule has 3 rings (SSSR count). The summed E-state index contributed by atoms with van der Waals surface area (Å²) in [5.41, 5.74) is 0.659. The van der Waals surface area contributed by atoms with Crippen molar-refractivity contribution >= 4 is 57.6 Å². The van der Waals surface area contributed by atoms with Crippen molar-refractivity contribution in [2.45, 2.75) is 24.8 Å². The fourth-order valence-electron chi connectivity index (χ4n) is 2.43. The van der Waals surface area contributed by atoms with Gasteiger partial charge < -0.3 is 4.98 Å². The highest BCUT2D eigenvalue weighted by molar-refractivity contribution is 7.98. The molecule has 0 bridgehead atoms. The van der Waals surface area contributed by atoms with Gasteiger partial charge in [0.1, 0.15) is 21.9 Å². The first-order valence-corrected chi connectivity index (χ1v) is 9.53. The molecule has 0 atom stereocenters. The van der Waals surface area contributed by atoms with Gasteiger partial charge in [0.05, 0.1) is 10.0 Å². The molecule has 0 aliphatic rings. The lowest BCUT2D eigenvalue weighted by atomic mass is 10.3. The molecule has 0 radical (unpaired) electrons. The van der Waals surface area contributed by atoms with Crippen LogP contribution in [-0.2, 0) is 6.42 Å². The number of rotatable bonds is 4. The minimum Gasteiger partial charge on any atom is -0.310 e. The normalized spacial score (nSPS) is 11.4. The fraction of sp³-hybridized carbons (Fsp3) is 0.267. The summed E-state index contributed by atoms with van der Waals surface area (Å²) in [6.07, 6.45) is 3.37. The molecule has 0 saturated heterocycles. The molecule has 1 N–H and O–H groups in total. The molecule has 126 valence electrons. The second-order valence-electron chi connectivity index (χ2n) is 5.10. The first-order chi connectivity index (χ1) is 11.5. The first kappa shape index (κ1) is 17.6. The predicted octanol–water partition coefficient (Wildman–Crippen LogP) is 4.74. The maximum atomic E-state index is 12.5. The zero-order valence-corrected chi connectivity index (χ0v) is 15.9. The second kappa shape index (κ2) is 6.96. The molecule has 0 unspecified atom stereocenters. The lowest BCUT2D eigenvalue weighted by Gasteiger charge is -2.09. The van der Waals surface area contributed by atoms with Gasteiger partial charge in [-0.1, -0.05) is 41.7 Å². The highest BCUT2D eigenvalue weighted by Crippen LogP contribution is 2.34. The summed E-state index contributed by atoms with van der Waals surface area (Å²) >= 11 is 20.0. The van der Waals surface area contributed by atoms with Crippen molar-refractivity contribution in [2.24, 2.45) is 0 Å². The van der Waals surface area contributed by atoms with Crippen LogP contribution in [0.2, 0.25) is 15.1 Å². The molecule has 0 spiro atoms. The Morgan fingerprint density at radius 3 is 2.50 bits per heavy atom. The Morgan fingerprint density at radius 2 is 1.92 bits per heavy atom. The van der Waals surface area contributed by atoms with Crippen molar-refractivity contribution in [2.75, 3.05) is 6.26 Å². The van der Waals surface area contributed by atoms with E-state index in [4.69, 9.17) is 34.8 Å². The third-order valence-electron chi connectivity index (χ3n) is 3.43. The highest BCUT2D eigenvalue weighted by Gasteiger charge is 2.20. The van der Waals surface area contributed by atoms with Gasteiger partial charge in [-0.25, -0.2) is 9.67 Å². The number of thioether (sulfide) groups is 1. The van der Waals surface area contributed by atoms with Crippen molar-refractivity contribution in [1.82, 2.24) is 19.7 Å². The second-order valence-corrected chi connectivity index (χ2v) is 7.15. The summed E-state index contributed by atoms with van der Waals surface area (Å²) in [6.45, 7) is 2.02. The number of aryl methyl sites for hydroxylation is 1. The molecule has 0 saturated carbocycles. The Hall–Kier alpha value is -1.21. The number of aromatic amines is 1. The SMILES string of the molecule is CCCc1nc2c(c(SC)nn2-c2c(Cl)cc(Cl)cc2Cl)c(=O)[nH]1. The molecule has 3 aromatic rings. The molecular weight excluding hydrogens is 391 g/mol. The number of nitrogens with one attached hydrogen (secondary N) is 1. The number of aromatic nitrogens is 4. The number of hydrogen-bond acceptors (Lipinski definition) is 4. The molecule has 9 heteroatoms. The Kier molecular flexibility index (Phi) is 5.11. The van der Waals surface area contributed by atoms with Gasteiger partial charge in [-0.2, -0.15) is 5.10 Å². The van der Waals surface area contributed by atoms with Crippen LogP contribution in [0.4, 0.5) is 0 Å². The lowest BCUT2D eigenvalue weighted by Crippen LogP contribution is -2.12. The summed E-state index contributed by atoms with van der Waals surface area (Å²) in [5.74, 6) is 0.602. The summed E-state index contributed by atoms with van der Waals surface area (Å²) in [7, 11) is 0. The third kappa shape index (κ3) is 3.04. The molecule has 0 aliphatic heterocycles. The van der Waals surface area contributed by atoms with E-state index in [1.807, 2.05) is 13.2 Å². The van der Waals surface area contributed by atoms with E-state index in [2.05, 4.69) is 15.1 Å². The van der Waals surface area contributed by atoms with Gasteiger partial charge in [-0.15, -0.1) is 11.8 Å². The van der Waals surface area contributed by atoms with Crippen LogP contribution < -0.4 is 5.56 Å². The highest BCUT2D eigenvalue weighted by atomic mass is 35.5. The van der Waals surface area contributed by atoms with E-state index in [0.29, 0.717) is 49.1 Å². The quantitative estimate of drug-likeness (QED) is 0.639. The van der Waals surface area contributed by atoms with Crippen LogP contribution in [0.3, 0.4) is 0 Å². The summed E-state index contributed by atoms with van der Waals surface area (Å²) in [6, 6.07) is 3.16. The van der Waals surface area contributed by atoms with Gasteiger partial charge in [0, 0.05) is 11.4 Å². The van der Waals surface area contributed by atoms with Crippen molar-refractivity contribution in [3.05, 3.63) is 43.4 Å². The molecule has 2 aromatic heterocycles. The average molecular weight is 404 g/mol. The number of nitrogens with zero attached hydrogens (tertiary/aromatic N) is 3. The van der Waals surface area contributed by atoms with Crippen molar-refractivity contribution in [1.29, 1.82) is 0 Å². The number of H-pyrrole nitrogens is 1. The third-order valence-corrected chi connectivity index (χ3v) is 4.90. The maximum absolute atomic E-state index is 12.5. The van der Waals surface area contributed by atoms with Crippen LogP contribution in [0.5, 0.6) is 0 Å². The zero-order chi connectivity index (χ0) is 17.4. The van der Waals surface area contributed by atoms with Crippen LogP contribution >= 0.6 is 46.6 Å². The molecule has 5 nitrogen and oxygen atoms in total. The molecule has 0 fully saturated rings. The average Bonchev–Trinajstić information content (AvgIpc) is 2.86. The van der Waals surface area contributed by atoms with Crippen LogP contribution in [0.25, 0.3) is 16.7 Å². The Bertz CT molecular complexity index is 960. The Balaban J connectivity index is 2.39. The molecule has 24 heavy (non-hydrogen) atoms. The zero-order valence-electron chi connectivity index (χ0n) is 12.9. The number of halogens is 3. The van der Waals surface area contributed by atoms with E-state index in [-0.39, 0.29) is 5.56 Å². The van der Waals surface area contributed by atoms with Crippen LogP contribution in [0, 0.1) is 0 Å². The van der Waals surface area contributed by atoms with E-state index in [1.165, 1.54) is 16.4 Å². The smallest absolute Gasteiger partial charge is 0.263 e. The Labute approximate surface area is 157 Å². The van der Waals surface area contributed by atoms with Crippen molar-refractivity contribution in [3.8, 4) is 5.69 Å². The van der Waals surface area contributed by atoms with E-state index < -0.39 is 0 Å². The predicted molar refractivity (Wildman–Crippen MR) is 100 cm³/mol. The van der Waals surface area contributed by atoms with E-state index in [1.54, 1.807) is 12.1 Å². The number of hydrogen-bond donors (Lipinski definition) is 1. The monoisotopic (exact) mass is 402 g/mol. The number of fused-ring (bicyclic) bond motifs is 1. The molecule has 1 aromatic carbocycles. The van der Waals surface area contributed by atoms with Crippen molar-refractivity contribution in [3.63, 3.8) is 0 Å². The van der Waals surface area contributed by atoms with Gasteiger partial charge in [-0.3, -0.25) is 4.79 Å². The first-order valence-electron chi connectivity index (χ1n) is 7.17. The van der Waals surface area contributed by atoms with Gasteiger partial charge in [0.25, 0.3) is 5.56 Å². The van der Waals surface area contributed by atoms with Crippen LogP contribution in [-0.4, -0.2) is 26.0 Å². The standard InChI is InChI=1S/C15H13Cl3N4OS/c1-3-4-10-19-13-11(14(23)20-10)15(24-2)21-22(13)12-8(17)5-7(16)6-9(12)18/h5-6H,3-4H2,1-2H3,(H,19,20,23). The fourth-order valence-corrected chi connectivity index (χ4v) is 3.96. The van der Waals surface area contributed by atoms with E-state index in [9.17, 15) is 4.79 Å². The Morgan fingerprint density at radius 1 is 1.25 bits per heavy atom.